The molecule has 0 aromatic carbocycles. The SMILES string of the molecule is O=C(N[C@H](Cc1cnc[nH]1)C(=O)O)C1CC=CC1. The summed E-state index contributed by atoms with van der Waals surface area (Å²) in [5.41, 5.74) is 0.687. The molecule has 96 valence electrons. The van der Waals surface area contributed by atoms with Gasteiger partial charge in [-0.25, -0.2) is 9.78 Å². The lowest BCUT2D eigenvalue weighted by molar-refractivity contribution is -0.142. The molecule has 6 nitrogen and oxygen atoms in total. The summed E-state index contributed by atoms with van der Waals surface area (Å²) in [6.45, 7) is 0. The Morgan fingerprint density at radius 2 is 2.22 bits per heavy atom. The van der Waals surface area contributed by atoms with Crippen molar-refractivity contribution >= 4 is 11.9 Å². The summed E-state index contributed by atoms with van der Waals surface area (Å²) in [5, 5.41) is 11.7. The number of carboxylic acids is 1. The molecule has 1 amide bonds. The molecule has 0 bridgehead atoms. The van der Waals surface area contributed by atoms with Gasteiger partial charge in [0.2, 0.25) is 5.91 Å². The predicted octanol–water partition coefficient (Wildman–Crippen LogP) is 0.488. The van der Waals surface area contributed by atoms with Crippen LogP contribution in [-0.2, 0) is 16.0 Å². The molecule has 2 rings (SSSR count). The Hall–Kier alpha value is -2.11. The molecule has 1 aliphatic rings. The van der Waals surface area contributed by atoms with Crippen LogP contribution in [0.4, 0.5) is 0 Å². The summed E-state index contributed by atoms with van der Waals surface area (Å²) < 4.78 is 0. The van der Waals surface area contributed by atoms with Crippen molar-refractivity contribution < 1.29 is 14.7 Å². The minimum absolute atomic E-state index is 0.131. The van der Waals surface area contributed by atoms with Gasteiger partial charge in [0.1, 0.15) is 6.04 Å². The molecule has 1 atom stereocenters. The second-order valence-electron chi connectivity index (χ2n) is 4.32. The Labute approximate surface area is 104 Å². The number of nitrogens with one attached hydrogen (secondary N) is 2. The summed E-state index contributed by atoms with van der Waals surface area (Å²) >= 11 is 0. The number of allylic oxidation sites excluding steroid dienone is 2. The monoisotopic (exact) mass is 249 g/mol. The second-order valence-corrected chi connectivity index (χ2v) is 4.32. The van der Waals surface area contributed by atoms with Gasteiger partial charge in [0.05, 0.1) is 6.33 Å². The Kier molecular flexibility index (Phi) is 3.76. The lowest BCUT2D eigenvalue weighted by Crippen LogP contribution is -2.44. The van der Waals surface area contributed by atoms with Gasteiger partial charge in [-0.1, -0.05) is 12.2 Å². The summed E-state index contributed by atoms with van der Waals surface area (Å²) in [6, 6.07) is -0.918. The fourth-order valence-corrected chi connectivity index (χ4v) is 1.94. The van der Waals surface area contributed by atoms with Crippen LogP contribution in [0.3, 0.4) is 0 Å². The minimum Gasteiger partial charge on any atom is -0.480 e. The standard InChI is InChI=1S/C12H15N3O3/c16-11(8-3-1-2-4-8)15-10(12(17)18)5-9-6-13-7-14-9/h1-2,6-8,10H,3-5H2,(H,13,14)(H,15,16)(H,17,18)/t10-/m1/s1. The molecular formula is C12H15N3O3. The Bertz CT molecular complexity index is 445. The van der Waals surface area contributed by atoms with Gasteiger partial charge in [0.25, 0.3) is 0 Å². The molecule has 18 heavy (non-hydrogen) atoms. The minimum atomic E-state index is -1.04. The number of carbonyl (C=O) groups excluding carboxylic acids is 1. The topological polar surface area (TPSA) is 95.1 Å². The number of carboxylic acid groups (broad SMARTS) is 1. The number of amides is 1. The van der Waals surface area contributed by atoms with Gasteiger partial charge in [-0.2, -0.15) is 0 Å². The fourth-order valence-electron chi connectivity index (χ4n) is 1.94. The molecule has 3 N–H and O–H groups in total. The van der Waals surface area contributed by atoms with E-state index in [0.717, 1.165) is 0 Å². The highest BCUT2D eigenvalue weighted by molar-refractivity contribution is 5.85. The second kappa shape index (κ2) is 5.48. The molecular weight excluding hydrogens is 234 g/mol. The van der Waals surface area contributed by atoms with Crippen LogP contribution in [0.5, 0.6) is 0 Å². The predicted molar refractivity (Wildman–Crippen MR) is 63.7 cm³/mol. The molecule has 0 unspecified atom stereocenters. The molecule has 0 aliphatic heterocycles. The molecule has 0 radical (unpaired) electrons. The number of aliphatic carboxylic acids is 1. The Balaban J connectivity index is 1.93. The van der Waals surface area contributed by atoms with Crippen LogP contribution in [0, 0.1) is 5.92 Å². The maximum atomic E-state index is 11.8. The molecule has 1 heterocycles. The third-order valence-corrected chi connectivity index (χ3v) is 2.97. The quantitative estimate of drug-likeness (QED) is 0.662. The Morgan fingerprint density at radius 3 is 2.78 bits per heavy atom. The average Bonchev–Trinajstić information content (AvgIpc) is 3.00. The number of aromatic nitrogens is 2. The van der Waals surface area contributed by atoms with Gasteiger partial charge in [-0.05, 0) is 12.8 Å². The highest BCUT2D eigenvalue weighted by atomic mass is 16.4. The number of aromatic amines is 1. The van der Waals surface area contributed by atoms with Crippen LogP contribution >= 0.6 is 0 Å². The molecule has 1 aromatic rings. The van der Waals surface area contributed by atoms with E-state index in [0.29, 0.717) is 18.5 Å². The van der Waals surface area contributed by atoms with Crippen molar-refractivity contribution in [1.29, 1.82) is 0 Å². The van der Waals surface area contributed by atoms with E-state index >= 15 is 0 Å². The summed E-state index contributed by atoms with van der Waals surface area (Å²) in [5.74, 6) is -1.37. The summed E-state index contributed by atoms with van der Waals surface area (Å²) in [6.07, 6.45) is 8.49. The van der Waals surface area contributed by atoms with Gasteiger partial charge in [-0.15, -0.1) is 0 Å². The first-order valence-corrected chi connectivity index (χ1v) is 5.82. The average molecular weight is 249 g/mol. The van der Waals surface area contributed by atoms with Gasteiger partial charge < -0.3 is 15.4 Å². The fraction of sp³-hybridized carbons (Fsp3) is 0.417. The van der Waals surface area contributed by atoms with Crippen LogP contribution < -0.4 is 5.32 Å². The van der Waals surface area contributed by atoms with E-state index in [2.05, 4.69) is 15.3 Å². The van der Waals surface area contributed by atoms with Crippen LogP contribution in [-0.4, -0.2) is 33.0 Å². The Morgan fingerprint density at radius 1 is 1.50 bits per heavy atom. The van der Waals surface area contributed by atoms with Crippen molar-refractivity contribution in [3.63, 3.8) is 0 Å². The number of hydrogen-bond donors (Lipinski definition) is 3. The zero-order valence-corrected chi connectivity index (χ0v) is 9.80. The van der Waals surface area contributed by atoms with Crippen molar-refractivity contribution in [1.82, 2.24) is 15.3 Å². The van der Waals surface area contributed by atoms with E-state index in [9.17, 15) is 9.59 Å². The van der Waals surface area contributed by atoms with Crippen molar-refractivity contribution in [2.45, 2.75) is 25.3 Å². The first kappa shape index (κ1) is 12.3. The molecule has 0 saturated heterocycles. The maximum absolute atomic E-state index is 11.8. The first-order valence-electron chi connectivity index (χ1n) is 5.82. The first-order chi connectivity index (χ1) is 8.66. The number of H-pyrrole nitrogens is 1. The highest BCUT2D eigenvalue weighted by Crippen LogP contribution is 2.17. The van der Waals surface area contributed by atoms with E-state index < -0.39 is 12.0 Å². The molecule has 1 aromatic heterocycles. The molecule has 6 heteroatoms. The zero-order chi connectivity index (χ0) is 13.0. The zero-order valence-electron chi connectivity index (χ0n) is 9.80. The van der Waals surface area contributed by atoms with Crippen LogP contribution in [0.25, 0.3) is 0 Å². The number of carbonyl (C=O) groups is 2. The third-order valence-electron chi connectivity index (χ3n) is 2.97. The number of hydrogen-bond acceptors (Lipinski definition) is 3. The van der Waals surface area contributed by atoms with Crippen molar-refractivity contribution in [2.24, 2.45) is 5.92 Å². The van der Waals surface area contributed by atoms with E-state index in [1.54, 1.807) is 6.20 Å². The van der Waals surface area contributed by atoms with E-state index in [-0.39, 0.29) is 18.2 Å². The van der Waals surface area contributed by atoms with Crippen LogP contribution in [0.2, 0.25) is 0 Å². The van der Waals surface area contributed by atoms with Crippen molar-refractivity contribution in [3.05, 3.63) is 30.4 Å². The van der Waals surface area contributed by atoms with E-state index in [4.69, 9.17) is 5.11 Å². The lowest BCUT2D eigenvalue weighted by Gasteiger charge is -2.16. The smallest absolute Gasteiger partial charge is 0.326 e. The van der Waals surface area contributed by atoms with Gasteiger partial charge >= 0.3 is 5.97 Å². The van der Waals surface area contributed by atoms with E-state index in [1.807, 2.05) is 12.2 Å². The number of rotatable bonds is 5. The largest absolute Gasteiger partial charge is 0.480 e. The highest BCUT2D eigenvalue weighted by Gasteiger charge is 2.26. The molecule has 0 spiro atoms. The molecule has 0 saturated carbocycles. The van der Waals surface area contributed by atoms with Gasteiger partial charge in [-0.3, -0.25) is 4.79 Å². The molecule has 0 fully saturated rings. The van der Waals surface area contributed by atoms with Crippen LogP contribution in [0.15, 0.2) is 24.7 Å². The van der Waals surface area contributed by atoms with E-state index in [1.165, 1.54) is 6.33 Å². The van der Waals surface area contributed by atoms with Crippen molar-refractivity contribution in [2.75, 3.05) is 0 Å². The summed E-state index contributed by atoms with van der Waals surface area (Å²) in [4.78, 5) is 29.6. The van der Waals surface area contributed by atoms with Crippen LogP contribution in [0.1, 0.15) is 18.5 Å². The van der Waals surface area contributed by atoms with Crippen molar-refractivity contribution in [3.8, 4) is 0 Å². The van der Waals surface area contributed by atoms with Gasteiger partial charge in [0.15, 0.2) is 0 Å². The van der Waals surface area contributed by atoms with Gasteiger partial charge in [0, 0.05) is 24.2 Å². The normalized spacial score (nSPS) is 16.7. The maximum Gasteiger partial charge on any atom is 0.326 e. The number of nitrogens with zero attached hydrogens (tertiary/aromatic N) is 1. The molecule has 1 aliphatic carbocycles. The third kappa shape index (κ3) is 2.97. The lowest BCUT2D eigenvalue weighted by atomic mass is 10.1. The number of imidazole rings is 1. The summed E-state index contributed by atoms with van der Waals surface area (Å²) in [7, 11) is 0.